The average molecular weight is 221 g/mol. The van der Waals surface area contributed by atoms with Crippen molar-refractivity contribution in [2.45, 2.75) is 52.6 Å². The first-order valence-electron chi connectivity index (χ1n) is 6.44. The van der Waals surface area contributed by atoms with E-state index >= 15 is 0 Å². The van der Waals surface area contributed by atoms with Crippen molar-refractivity contribution in [3.63, 3.8) is 0 Å². The minimum absolute atomic E-state index is 0.650. The molecule has 2 unspecified atom stereocenters. The Hall–Kier alpha value is -0.990. The summed E-state index contributed by atoms with van der Waals surface area (Å²) >= 11 is 0. The fourth-order valence-corrected chi connectivity index (χ4v) is 2.49. The summed E-state index contributed by atoms with van der Waals surface area (Å²) in [4.78, 5) is 0. The molecule has 1 N–H and O–H groups in total. The van der Waals surface area contributed by atoms with Crippen molar-refractivity contribution in [1.82, 2.24) is 9.78 Å². The molecule has 1 aromatic heterocycles. The van der Waals surface area contributed by atoms with Crippen LogP contribution in [0.3, 0.4) is 0 Å². The van der Waals surface area contributed by atoms with E-state index in [1.165, 1.54) is 24.9 Å². The second-order valence-electron chi connectivity index (χ2n) is 5.50. The van der Waals surface area contributed by atoms with Crippen molar-refractivity contribution in [3.8, 4) is 0 Å². The molecule has 0 aromatic carbocycles. The quantitative estimate of drug-likeness (QED) is 0.846. The zero-order valence-electron chi connectivity index (χ0n) is 10.6. The molecule has 2 atom stereocenters. The van der Waals surface area contributed by atoms with Crippen LogP contribution in [0.4, 0.5) is 5.69 Å². The molecule has 0 spiro atoms. The van der Waals surface area contributed by atoms with Crippen LogP contribution in [0.15, 0.2) is 12.4 Å². The molecule has 1 fully saturated rings. The summed E-state index contributed by atoms with van der Waals surface area (Å²) in [5.41, 5.74) is 1.18. The molecule has 3 heteroatoms. The lowest BCUT2D eigenvalue weighted by Gasteiger charge is -2.16. The van der Waals surface area contributed by atoms with Gasteiger partial charge in [-0.1, -0.05) is 27.2 Å². The van der Waals surface area contributed by atoms with Crippen LogP contribution in [-0.2, 0) is 6.54 Å². The molecule has 0 radical (unpaired) electrons. The lowest BCUT2D eigenvalue weighted by Crippen LogP contribution is -2.21. The standard InChI is InChI=1S/C13H23N3/c1-10(2)8-16-9-12(7-14-16)15-13-6-4-5-11(13)3/h7,9-11,13,15H,4-6,8H2,1-3H3. The molecular weight excluding hydrogens is 198 g/mol. The van der Waals surface area contributed by atoms with Gasteiger partial charge in [0.2, 0.25) is 0 Å². The van der Waals surface area contributed by atoms with Gasteiger partial charge in [0, 0.05) is 18.8 Å². The zero-order valence-corrected chi connectivity index (χ0v) is 10.6. The second kappa shape index (κ2) is 4.89. The molecule has 1 saturated carbocycles. The van der Waals surface area contributed by atoms with Crippen LogP contribution in [-0.4, -0.2) is 15.8 Å². The first kappa shape index (κ1) is 11.5. The smallest absolute Gasteiger partial charge is 0.0728 e. The van der Waals surface area contributed by atoms with E-state index in [1.54, 1.807) is 0 Å². The Morgan fingerprint density at radius 3 is 2.94 bits per heavy atom. The Morgan fingerprint density at radius 1 is 1.50 bits per heavy atom. The van der Waals surface area contributed by atoms with Crippen molar-refractivity contribution in [2.75, 3.05) is 5.32 Å². The molecule has 0 amide bonds. The van der Waals surface area contributed by atoms with Gasteiger partial charge in [0.15, 0.2) is 0 Å². The van der Waals surface area contributed by atoms with E-state index < -0.39 is 0 Å². The summed E-state index contributed by atoms with van der Waals surface area (Å²) in [5, 5.41) is 7.98. The summed E-state index contributed by atoms with van der Waals surface area (Å²) < 4.78 is 2.03. The number of nitrogens with one attached hydrogen (secondary N) is 1. The summed E-state index contributed by atoms with van der Waals surface area (Å²) in [6, 6.07) is 0.650. The number of rotatable bonds is 4. The third kappa shape index (κ3) is 2.77. The minimum atomic E-state index is 0.650. The zero-order chi connectivity index (χ0) is 11.5. The maximum Gasteiger partial charge on any atom is 0.0728 e. The predicted octanol–water partition coefficient (Wildman–Crippen LogP) is 3.14. The minimum Gasteiger partial charge on any atom is -0.380 e. The van der Waals surface area contributed by atoms with Crippen LogP contribution < -0.4 is 5.32 Å². The third-order valence-electron chi connectivity index (χ3n) is 3.40. The van der Waals surface area contributed by atoms with Gasteiger partial charge in [0.05, 0.1) is 11.9 Å². The van der Waals surface area contributed by atoms with Gasteiger partial charge in [0.25, 0.3) is 0 Å². The van der Waals surface area contributed by atoms with Crippen molar-refractivity contribution >= 4 is 5.69 Å². The molecule has 2 rings (SSSR count). The molecule has 1 aliphatic rings. The predicted molar refractivity (Wildman–Crippen MR) is 67.5 cm³/mol. The van der Waals surface area contributed by atoms with Gasteiger partial charge < -0.3 is 5.32 Å². The highest BCUT2D eigenvalue weighted by Gasteiger charge is 2.23. The van der Waals surface area contributed by atoms with Crippen LogP contribution in [0.2, 0.25) is 0 Å². The average Bonchev–Trinajstić information content (AvgIpc) is 2.77. The maximum absolute atomic E-state index is 4.38. The lowest BCUT2D eigenvalue weighted by molar-refractivity contribution is 0.483. The summed E-state index contributed by atoms with van der Waals surface area (Å²) in [7, 11) is 0. The second-order valence-corrected chi connectivity index (χ2v) is 5.50. The molecule has 16 heavy (non-hydrogen) atoms. The Balaban J connectivity index is 1.92. The Bertz CT molecular complexity index is 330. The van der Waals surface area contributed by atoms with Crippen LogP contribution >= 0.6 is 0 Å². The topological polar surface area (TPSA) is 29.9 Å². The van der Waals surface area contributed by atoms with Gasteiger partial charge >= 0.3 is 0 Å². The first-order chi connectivity index (χ1) is 7.65. The fraction of sp³-hybridized carbons (Fsp3) is 0.769. The van der Waals surface area contributed by atoms with E-state index in [0.717, 1.165) is 12.5 Å². The third-order valence-corrected chi connectivity index (χ3v) is 3.40. The molecule has 0 saturated heterocycles. The van der Waals surface area contributed by atoms with Gasteiger partial charge in [-0.15, -0.1) is 0 Å². The molecular formula is C13H23N3. The monoisotopic (exact) mass is 221 g/mol. The highest BCUT2D eigenvalue weighted by molar-refractivity contribution is 5.39. The van der Waals surface area contributed by atoms with Gasteiger partial charge in [-0.3, -0.25) is 4.68 Å². The van der Waals surface area contributed by atoms with Gasteiger partial charge in [-0.2, -0.15) is 5.10 Å². The van der Waals surface area contributed by atoms with Crippen LogP contribution in [0.25, 0.3) is 0 Å². The lowest BCUT2D eigenvalue weighted by atomic mass is 10.1. The van der Waals surface area contributed by atoms with Crippen LogP contribution in [0, 0.1) is 11.8 Å². The maximum atomic E-state index is 4.38. The van der Waals surface area contributed by atoms with Crippen molar-refractivity contribution in [2.24, 2.45) is 11.8 Å². The van der Waals surface area contributed by atoms with Crippen molar-refractivity contribution in [1.29, 1.82) is 0 Å². The summed E-state index contributed by atoms with van der Waals surface area (Å²) in [5.74, 6) is 1.45. The molecule has 1 heterocycles. The number of aromatic nitrogens is 2. The SMILES string of the molecule is CC(C)Cn1cc(NC2CCCC2C)cn1. The molecule has 1 aliphatic carbocycles. The molecule has 90 valence electrons. The highest BCUT2D eigenvalue weighted by atomic mass is 15.3. The Kier molecular flexibility index (Phi) is 3.52. The van der Waals surface area contributed by atoms with E-state index in [-0.39, 0.29) is 0 Å². The van der Waals surface area contributed by atoms with E-state index in [9.17, 15) is 0 Å². The number of nitrogens with zero attached hydrogens (tertiary/aromatic N) is 2. The van der Waals surface area contributed by atoms with Gasteiger partial charge in [-0.25, -0.2) is 0 Å². The molecule has 0 bridgehead atoms. The number of anilines is 1. The van der Waals surface area contributed by atoms with E-state index in [0.29, 0.717) is 12.0 Å². The summed E-state index contributed by atoms with van der Waals surface area (Å²) in [6.45, 7) is 7.77. The summed E-state index contributed by atoms with van der Waals surface area (Å²) in [6.07, 6.45) is 8.10. The molecule has 0 aliphatic heterocycles. The normalized spacial score (nSPS) is 25.2. The van der Waals surface area contributed by atoms with E-state index in [1.807, 2.05) is 10.9 Å². The Morgan fingerprint density at radius 2 is 2.31 bits per heavy atom. The van der Waals surface area contributed by atoms with Gasteiger partial charge in [-0.05, 0) is 24.7 Å². The molecule has 1 aromatic rings. The highest BCUT2D eigenvalue weighted by Crippen LogP contribution is 2.27. The van der Waals surface area contributed by atoms with Crippen molar-refractivity contribution in [3.05, 3.63) is 12.4 Å². The van der Waals surface area contributed by atoms with Crippen LogP contribution in [0.1, 0.15) is 40.0 Å². The molecule has 3 nitrogen and oxygen atoms in total. The first-order valence-corrected chi connectivity index (χ1v) is 6.44. The van der Waals surface area contributed by atoms with Gasteiger partial charge in [0.1, 0.15) is 0 Å². The van der Waals surface area contributed by atoms with E-state index in [4.69, 9.17) is 0 Å². The largest absolute Gasteiger partial charge is 0.380 e. The van der Waals surface area contributed by atoms with Crippen LogP contribution in [0.5, 0.6) is 0 Å². The number of hydrogen-bond acceptors (Lipinski definition) is 2. The van der Waals surface area contributed by atoms with E-state index in [2.05, 4.69) is 37.4 Å². The number of hydrogen-bond donors (Lipinski definition) is 1. The Labute approximate surface area is 98.2 Å². The fourth-order valence-electron chi connectivity index (χ4n) is 2.49. The van der Waals surface area contributed by atoms with Crippen molar-refractivity contribution < 1.29 is 0 Å².